The second-order valence-corrected chi connectivity index (χ2v) is 9.11. The maximum Gasteiger partial charge on any atom is 0.258 e. The van der Waals surface area contributed by atoms with Crippen molar-refractivity contribution < 1.29 is 13.6 Å². The van der Waals surface area contributed by atoms with Gasteiger partial charge < -0.3 is 4.90 Å². The Labute approximate surface area is 187 Å². The molecule has 1 saturated heterocycles. The molecule has 0 aliphatic carbocycles. The van der Waals surface area contributed by atoms with Gasteiger partial charge >= 0.3 is 0 Å². The predicted octanol–water partition coefficient (Wildman–Crippen LogP) is 5.47. The third-order valence-electron chi connectivity index (χ3n) is 6.92. The summed E-state index contributed by atoms with van der Waals surface area (Å²) < 4.78 is 27.5. The van der Waals surface area contributed by atoms with Crippen molar-refractivity contribution in [2.75, 3.05) is 24.5 Å². The molecule has 3 aromatic rings. The Morgan fingerprint density at radius 3 is 2.38 bits per heavy atom. The van der Waals surface area contributed by atoms with Crippen LogP contribution in [0, 0.1) is 18.6 Å². The summed E-state index contributed by atoms with van der Waals surface area (Å²) >= 11 is 0. The van der Waals surface area contributed by atoms with E-state index in [1.54, 1.807) is 12.1 Å². The van der Waals surface area contributed by atoms with Gasteiger partial charge in [-0.15, -0.1) is 0 Å². The van der Waals surface area contributed by atoms with Gasteiger partial charge in [-0.3, -0.25) is 9.69 Å². The zero-order valence-corrected chi connectivity index (χ0v) is 18.2. The predicted molar refractivity (Wildman–Crippen MR) is 122 cm³/mol. The van der Waals surface area contributed by atoms with Gasteiger partial charge in [-0.2, -0.15) is 0 Å². The van der Waals surface area contributed by atoms with Crippen LogP contribution in [-0.4, -0.2) is 30.4 Å². The Balaban J connectivity index is 1.38. The van der Waals surface area contributed by atoms with E-state index in [4.69, 9.17) is 0 Å². The number of benzene rings is 3. The minimum absolute atomic E-state index is 0.0350. The second kappa shape index (κ2) is 8.14. The van der Waals surface area contributed by atoms with Gasteiger partial charge in [-0.05, 0) is 86.4 Å². The average Bonchev–Trinajstić information content (AvgIpc) is 3.10. The smallest absolute Gasteiger partial charge is 0.258 e. The molecule has 0 aromatic heterocycles. The van der Waals surface area contributed by atoms with Crippen LogP contribution in [-0.2, 0) is 12.0 Å². The number of rotatable bonds is 3. The van der Waals surface area contributed by atoms with Crippen molar-refractivity contribution in [2.45, 2.75) is 31.7 Å². The molecule has 0 saturated carbocycles. The number of anilines is 1. The second-order valence-electron chi connectivity index (χ2n) is 9.11. The standard InChI is InChI=1S/C27H26F2N2O/c1-19-3-2-4-21(15-19)26(32)31-18-27(24-16-23(29)9-10-25(24)31)11-13-30(14-12-27)17-20-5-7-22(28)8-6-20/h2-10,15-16H,11-14,17-18H2,1H3. The summed E-state index contributed by atoms with van der Waals surface area (Å²) in [5.74, 6) is -0.525. The Morgan fingerprint density at radius 2 is 1.66 bits per heavy atom. The summed E-state index contributed by atoms with van der Waals surface area (Å²) in [6.07, 6.45) is 1.70. The Hall–Kier alpha value is -3.05. The first-order valence-corrected chi connectivity index (χ1v) is 11.1. The normalized spacial score (nSPS) is 17.5. The largest absolute Gasteiger partial charge is 0.307 e. The summed E-state index contributed by atoms with van der Waals surface area (Å²) in [6, 6.07) is 19.1. The van der Waals surface area contributed by atoms with E-state index in [1.807, 2.05) is 48.2 Å². The number of fused-ring (bicyclic) bond motifs is 2. The lowest BCUT2D eigenvalue weighted by Gasteiger charge is -2.40. The first kappa shape index (κ1) is 20.8. The number of carbonyl (C=O) groups excluding carboxylic acids is 1. The van der Waals surface area contributed by atoms with Crippen molar-refractivity contribution in [1.82, 2.24) is 4.90 Å². The molecule has 0 radical (unpaired) electrons. The van der Waals surface area contributed by atoms with Gasteiger partial charge in [0, 0.05) is 29.8 Å². The number of amides is 1. The number of piperidine rings is 1. The lowest BCUT2D eigenvalue weighted by Crippen LogP contribution is -2.45. The SMILES string of the molecule is Cc1cccc(C(=O)N2CC3(CCN(Cc4ccc(F)cc4)CC3)c3cc(F)ccc32)c1. The molecule has 0 bridgehead atoms. The van der Waals surface area contributed by atoms with Gasteiger partial charge in [-0.1, -0.05) is 29.8 Å². The fourth-order valence-electron chi connectivity index (χ4n) is 5.17. The van der Waals surface area contributed by atoms with E-state index in [9.17, 15) is 13.6 Å². The molecule has 1 fully saturated rings. The van der Waals surface area contributed by atoms with Crippen molar-refractivity contribution in [1.29, 1.82) is 0 Å². The van der Waals surface area contributed by atoms with Crippen LogP contribution in [0.15, 0.2) is 66.7 Å². The van der Waals surface area contributed by atoms with Crippen molar-refractivity contribution in [2.24, 2.45) is 0 Å². The fourth-order valence-corrected chi connectivity index (χ4v) is 5.17. The van der Waals surface area contributed by atoms with Crippen molar-refractivity contribution in [3.8, 4) is 0 Å². The molecule has 5 heteroatoms. The number of carbonyl (C=O) groups is 1. The highest BCUT2D eigenvalue weighted by molar-refractivity contribution is 6.07. The summed E-state index contributed by atoms with van der Waals surface area (Å²) in [5, 5.41) is 0. The summed E-state index contributed by atoms with van der Waals surface area (Å²) in [4.78, 5) is 17.6. The molecule has 164 valence electrons. The lowest BCUT2D eigenvalue weighted by atomic mass is 9.74. The maximum atomic E-state index is 14.3. The van der Waals surface area contributed by atoms with Crippen LogP contribution in [0.4, 0.5) is 14.5 Å². The molecule has 2 heterocycles. The van der Waals surface area contributed by atoms with Crippen molar-refractivity contribution in [3.05, 3.63) is 101 Å². The average molecular weight is 433 g/mol. The van der Waals surface area contributed by atoms with Crippen molar-refractivity contribution >= 4 is 11.6 Å². The van der Waals surface area contributed by atoms with E-state index in [2.05, 4.69) is 4.90 Å². The summed E-state index contributed by atoms with van der Waals surface area (Å²) in [6.45, 7) is 5.00. The number of aryl methyl sites for hydroxylation is 1. The fraction of sp³-hybridized carbons (Fsp3) is 0.296. The topological polar surface area (TPSA) is 23.6 Å². The third kappa shape index (κ3) is 3.82. The van der Waals surface area contributed by atoms with E-state index < -0.39 is 0 Å². The molecule has 32 heavy (non-hydrogen) atoms. The van der Waals surface area contributed by atoms with E-state index in [1.165, 1.54) is 18.2 Å². The van der Waals surface area contributed by atoms with Crippen LogP contribution in [0.3, 0.4) is 0 Å². The Morgan fingerprint density at radius 1 is 0.938 bits per heavy atom. The molecule has 3 nitrogen and oxygen atoms in total. The molecule has 0 N–H and O–H groups in total. The molecule has 2 aliphatic rings. The molecule has 3 aromatic carbocycles. The molecule has 2 aliphatic heterocycles. The quantitative estimate of drug-likeness (QED) is 0.548. The first-order chi connectivity index (χ1) is 15.4. The van der Waals surface area contributed by atoms with E-state index in [0.29, 0.717) is 12.1 Å². The van der Waals surface area contributed by atoms with E-state index >= 15 is 0 Å². The zero-order chi connectivity index (χ0) is 22.3. The van der Waals surface area contributed by atoms with Gasteiger partial charge in [0.2, 0.25) is 0 Å². The molecule has 1 amide bonds. The van der Waals surface area contributed by atoms with Gasteiger partial charge in [0.15, 0.2) is 0 Å². The van der Waals surface area contributed by atoms with Crippen LogP contribution in [0.2, 0.25) is 0 Å². The van der Waals surface area contributed by atoms with Gasteiger partial charge in [-0.25, -0.2) is 8.78 Å². The van der Waals surface area contributed by atoms with Crippen LogP contribution in [0.25, 0.3) is 0 Å². The monoisotopic (exact) mass is 432 g/mol. The minimum Gasteiger partial charge on any atom is -0.307 e. The number of hydrogen-bond acceptors (Lipinski definition) is 2. The Kier molecular flexibility index (Phi) is 5.30. The highest BCUT2D eigenvalue weighted by Gasteiger charge is 2.46. The molecule has 0 unspecified atom stereocenters. The molecular weight excluding hydrogens is 406 g/mol. The van der Waals surface area contributed by atoms with Crippen LogP contribution >= 0.6 is 0 Å². The van der Waals surface area contributed by atoms with Gasteiger partial charge in [0.05, 0.1) is 0 Å². The van der Waals surface area contributed by atoms with Crippen molar-refractivity contribution in [3.63, 3.8) is 0 Å². The maximum absolute atomic E-state index is 14.3. The summed E-state index contributed by atoms with van der Waals surface area (Å²) in [7, 11) is 0. The first-order valence-electron chi connectivity index (χ1n) is 11.1. The number of likely N-dealkylation sites (tertiary alicyclic amines) is 1. The minimum atomic E-state index is -0.262. The summed E-state index contributed by atoms with van der Waals surface area (Å²) in [5.41, 5.74) is 4.31. The zero-order valence-electron chi connectivity index (χ0n) is 18.2. The van der Waals surface area contributed by atoms with Crippen LogP contribution in [0.1, 0.15) is 39.9 Å². The van der Waals surface area contributed by atoms with E-state index in [0.717, 1.165) is 54.9 Å². The number of nitrogens with zero attached hydrogens (tertiary/aromatic N) is 2. The van der Waals surface area contributed by atoms with Gasteiger partial charge in [0.1, 0.15) is 11.6 Å². The van der Waals surface area contributed by atoms with Crippen LogP contribution in [0.5, 0.6) is 0 Å². The molecule has 0 atom stereocenters. The lowest BCUT2D eigenvalue weighted by molar-refractivity contribution is 0.0975. The Bertz CT molecular complexity index is 1150. The number of halogens is 2. The number of hydrogen-bond donors (Lipinski definition) is 0. The third-order valence-corrected chi connectivity index (χ3v) is 6.92. The molecule has 5 rings (SSSR count). The van der Waals surface area contributed by atoms with Crippen LogP contribution < -0.4 is 4.90 Å². The van der Waals surface area contributed by atoms with Gasteiger partial charge in [0.25, 0.3) is 5.91 Å². The van der Waals surface area contributed by atoms with E-state index in [-0.39, 0.29) is 23.0 Å². The molecular formula is C27H26F2N2O. The highest BCUT2D eigenvalue weighted by Crippen LogP contribution is 2.47. The highest BCUT2D eigenvalue weighted by atomic mass is 19.1. The molecule has 1 spiro atoms.